The minimum atomic E-state index is -0.278. The molecule has 0 atom stereocenters. The van der Waals surface area contributed by atoms with Gasteiger partial charge in [-0.15, -0.1) is 0 Å². The Kier molecular flexibility index (Phi) is 6.28. The molecule has 0 N–H and O–H groups in total. The van der Waals surface area contributed by atoms with Crippen LogP contribution >= 0.6 is 0 Å². The van der Waals surface area contributed by atoms with Crippen LogP contribution in [-0.4, -0.2) is 38.7 Å². The van der Waals surface area contributed by atoms with Crippen molar-refractivity contribution in [2.24, 2.45) is 10.2 Å². The predicted octanol–water partition coefficient (Wildman–Crippen LogP) is 2.12. The summed E-state index contributed by atoms with van der Waals surface area (Å²) in [4.78, 5) is 11.8. The molecule has 1 saturated carbocycles. The van der Waals surface area contributed by atoms with E-state index in [4.69, 9.17) is 9.47 Å². The van der Waals surface area contributed by atoms with Crippen molar-refractivity contribution in [3.63, 3.8) is 0 Å². The maximum atomic E-state index is 11.8. The molecule has 0 spiro atoms. The second-order valence-corrected chi connectivity index (χ2v) is 4.13. The highest BCUT2D eigenvalue weighted by atomic mass is 16.5. The minimum absolute atomic E-state index is 0.278. The van der Waals surface area contributed by atoms with Crippen LogP contribution in [0, 0.1) is 0 Å². The maximum Gasteiger partial charge on any atom is 0.334 e. The summed E-state index contributed by atoms with van der Waals surface area (Å²) in [6, 6.07) is 0. The molecule has 1 fully saturated rings. The van der Waals surface area contributed by atoms with Gasteiger partial charge in [-0.25, -0.2) is 4.79 Å². The van der Waals surface area contributed by atoms with Crippen molar-refractivity contribution >= 4 is 18.4 Å². The summed E-state index contributed by atoms with van der Waals surface area (Å²) in [5.74, 6) is -0.278. The Morgan fingerprint density at radius 2 is 2.17 bits per heavy atom. The molecule has 0 aromatic rings. The lowest BCUT2D eigenvalue weighted by Gasteiger charge is -2.07. The monoisotopic (exact) mass is 252 g/mol. The number of hydrogen-bond donors (Lipinski definition) is 0. The molecule has 1 rings (SSSR count). The molecular formula is C13H20N2O3. The van der Waals surface area contributed by atoms with E-state index in [9.17, 15) is 4.79 Å². The first-order valence-electron chi connectivity index (χ1n) is 6.09. The lowest BCUT2D eigenvalue weighted by molar-refractivity contribution is -0.139. The Bertz CT molecular complexity index is 372. The smallest absolute Gasteiger partial charge is 0.334 e. The molecule has 0 amide bonds. The molecule has 1 aliphatic carbocycles. The van der Waals surface area contributed by atoms with Gasteiger partial charge in [0.05, 0.1) is 12.3 Å². The SMILES string of the molecule is C=N/N=C1/CCC/C1=C(/C)C(=O)OCCCOC. The van der Waals surface area contributed by atoms with Gasteiger partial charge >= 0.3 is 5.97 Å². The van der Waals surface area contributed by atoms with Crippen molar-refractivity contribution in [3.8, 4) is 0 Å². The van der Waals surface area contributed by atoms with Gasteiger partial charge in [0, 0.05) is 32.4 Å². The van der Waals surface area contributed by atoms with Gasteiger partial charge in [-0.05, 0) is 31.8 Å². The van der Waals surface area contributed by atoms with Crippen LogP contribution < -0.4 is 0 Å². The first kappa shape index (κ1) is 14.6. The molecule has 5 heteroatoms. The number of methoxy groups -OCH3 is 1. The van der Waals surface area contributed by atoms with Gasteiger partial charge in [0.15, 0.2) is 0 Å². The Hall–Kier alpha value is -1.49. The van der Waals surface area contributed by atoms with Crippen LogP contribution in [0.15, 0.2) is 21.3 Å². The molecule has 0 aliphatic heterocycles. The van der Waals surface area contributed by atoms with Gasteiger partial charge in [0.1, 0.15) is 0 Å². The van der Waals surface area contributed by atoms with E-state index in [0.717, 1.165) is 30.5 Å². The number of esters is 1. The minimum Gasteiger partial charge on any atom is -0.462 e. The summed E-state index contributed by atoms with van der Waals surface area (Å²) in [5.41, 5.74) is 2.45. The van der Waals surface area contributed by atoms with E-state index in [-0.39, 0.29) is 5.97 Å². The predicted molar refractivity (Wildman–Crippen MR) is 71.0 cm³/mol. The van der Waals surface area contributed by atoms with Crippen molar-refractivity contribution in [2.75, 3.05) is 20.3 Å². The van der Waals surface area contributed by atoms with E-state index in [1.165, 1.54) is 0 Å². The number of ether oxygens (including phenoxy) is 2. The molecule has 0 aromatic carbocycles. The van der Waals surface area contributed by atoms with Crippen LogP contribution in [0.2, 0.25) is 0 Å². The van der Waals surface area contributed by atoms with Gasteiger partial charge in [0.25, 0.3) is 0 Å². The highest BCUT2D eigenvalue weighted by Gasteiger charge is 2.21. The Morgan fingerprint density at radius 1 is 1.39 bits per heavy atom. The molecule has 18 heavy (non-hydrogen) atoms. The second-order valence-electron chi connectivity index (χ2n) is 4.13. The van der Waals surface area contributed by atoms with Gasteiger partial charge in [0.2, 0.25) is 0 Å². The molecular weight excluding hydrogens is 232 g/mol. The molecule has 100 valence electrons. The summed E-state index contributed by atoms with van der Waals surface area (Å²) < 4.78 is 10.1. The maximum absolute atomic E-state index is 11.8. The molecule has 0 unspecified atom stereocenters. The summed E-state index contributed by atoms with van der Waals surface area (Å²) in [6.45, 7) is 6.09. The standard InChI is InChI=1S/C13H20N2O3/c1-10(13(16)18-9-5-8-17-3)11-6-4-7-12(11)15-14-2/h2,4-9H2,1,3H3/b11-10+,15-12-. The number of hydrogen-bond acceptors (Lipinski definition) is 5. The molecule has 5 nitrogen and oxygen atoms in total. The second kappa shape index (κ2) is 7.76. The fraction of sp³-hybridized carbons (Fsp3) is 0.615. The summed E-state index contributed by atoms with van der Waals surface area (Å²) in [7, 11) is 1.62. The van der Waals surface area contributed by atoms with Gasteiger partial charge in [-0.1, -0.05) is 0 Å². The lowest BCUT2D eigenvalue weighted by Crippen LogP contribution is -2.12. The van der Waals surface area contributed by atoms with Crippen molar-refractivity contribution in [1.82, 2.24) is 0 Å². The van der Waals surface area contributed by atoms with E-state index < -0.39 is 0 Å². The topological polar surface area (TPSA) is 60.2 Å². The quantitative estimate of drug-likeness (QED) is 0.239. The largest absolute Gasteiger partial charge is 0.462 e. The van der Waals surface area contributed by atoms with E-state index in [1.807, 2.05) is 0 Å². The summed E-state index contributed by atoms with van der Waals surface area (Å²) >= 11 is 0. The van der Waals surface area contributed by atoms with Crippen LogP contribution in [0.1, 0.15) is 32.6 Å². The molecule has 0 bridgehead atoms. The third-order valence-electron chi connectivity index (χ3n) is 2.86. The van der Waals surface area contributed by atoms with Crippen LogP contribution in [-0.2, 0) is 14.3 Å². The van der Waals surface area contributed by atoms with Crippen LogP contribution in [0.3, 0.4) is 0 Å². The van der Waals surface area contributed by atoms with E-state index >= 15 is 0 Å². The highest BCUT2D eigenvalue weighted by Crippen LogP contribution is 2.25. The lowest BCUT2D eigenvalue weighted by atomic mass is 10.1. The fourth-order valence-electron chi connectivity index (χ4n) is 1.93. The first-order valence-corrected chi connectivity index (χ1v) is 6.09. The molecule has 0 aromatic heterocycles. The zero-order valence-electron chi connectivity index (χ0n) is 11.1. The van der Waals surface area contributed by atoms with Crippen LogP contribution in [0.25, 0.3) is 0 Å². The van der Waals surface area contributed by atoms with Crippen molar-refractivity contribution in [2.45, 2.75) is 32.6 Å². The zero-order chi connectivity index (χ0) is 13.4. The van der Waals surface area contributed by atoms with Crippen LogP contribution in [0.5, 0.6) is 0 Å². The van der Waals surface area contributed by atoms with Gasteiger partial charge < -0.3 is 9.47 Å². The molecule has 0 saturated heterocycles. The number of carbonyl (C=O) groups excluding carboxylic acids is 1. The van der Waals surface area contributed by atoms with Crippen molar-refractivity contribution < 1.29 is 14.3 Å². The summed E-state index contributed by atoms with van der Waals surface area (Å²) in [6.07, 6.45) is 3.41. The first-order chi connectivity index (χ1) is 8.70. The zero-order valence-corrected chi connectivity index (χ0v) is 11.1. The number of allylic oxidation sites excluding steroid dienone is 1. The molecule has 0 heterocycles. The average molecular weight is 252 g/mol. The van der Waals surface area contributed by atoms with E-state index in [0.29, 0.717) is 25.2 Å². The van der Waals surface area contributed by atoms with Gasteiger partial charge in [-0.3, -0.25) is 0 Å². The Labute approximate surface area is 108 Å². The third kappa shape index (κ3) is 4.07. The summed E-state index contributed by atoms with van der Waals surface area (Å²) in [5, 5.41) is 7.49. The normalized spacial score (nSPS) is 20.0. The van der Waals surface area contributed by atoms with Gasteiger partial charge in [-0.2, -0.15) is 10.2 Å². The average Bonchev–Trinajstić information content (AvgIpc) is 2.82. The Balaban J connectivity index is 2.60. The van der Waals surface area contributed by atoms with E-state index in [2.05, 4.69) is 16.9 Å². The number of carbonyl (C=O) groups is 1. The molecule has 1 aliphatic rings. The number of rotatable bonds is 6. The number of nitrogens with zero attached hydrogens (tertiary/aromatic N) is 2. The fourth-order valence-corrected chi connectivity index (χ4v) is 1.93. The van der Waals surface area contributed by atoms with Crippen molar-refractivity contribution in [3.05, 3.63) is 11.1 Å². The van der Waals surface area contributed by atoms with Crippen LogP contribution in [0.4, 0.5) is 0 Å². The van der Waals surface area contributed by atoms with E-state index in [1.54, 1.807) is 14.0 Å². The highest BCUT2D eigenvalue weighted by molar-refractivity contribution is 6.07. The third-order valence-corrected chi connectivity index (χ3v) is 2.86. The Morgan fingerprint density at radius 3 is 2.83 bits per heavy atom. The molecule has 0 radical (unpaired) electrons. The van der Waals surface area contributed by atoms with Crippen molar-refractivity contribution in [1.29, 1.82) is 0 Å².